The van der Waals surface area contributed by atoms with Crippen LogP contribution in [0.1, 0.15) is 41.6 Å². The van der Waals surface area contributed by atoms with E-state index in [1.54, 1.807) is 0 Å². The summed E-state index contributed by atoms with van der Waals surface area (Å²) in [6.45, 7) is 2.54. The maximum atomic E-state index is 13.0. The summed E-state index contributed by atoms with van der Waals surface area (Å²) in [6, 6.07) is 4.28. The van der Waals surface area contributed by atoms with Gasteiger partial charge in [0.05, 0.1) is 12.1 Å². The van der Waals surface area contributed by atoms with Crippen molar-refractivity contribution in [3.8, 4) is 0 Å². The number of benzene rings is 1. The van der Waals surface area contributed by atoms with Gasteiger partial charge in [-0.15, -0.1) is 0 Å². The van der Waals surface area contributed by atoms with Gasteiger partial charge in [-0.25, -0.2) is 0 Å². The molecule has 6 nitrogen and oxygen atoms in total. The number of alkyl halides is 3. The van der Waals surface area contributed by atoms with E-state index in [1.807, 2.05) is 4.90 Å². The molecule has 2 aliphatic heterocycles. The fourth-order valence-corrected chi connectivity index (χ4v) is 3.93. The average molecular weight is 413 g/mol. The topological polar surface area (TPSA) is 70.7 Å². The number of halogens is 3. The first kappa shape index (κ1) is 21.6. The van der Waals surface area contributed by atoms with E-state index in [0.29, 0.717) is 19.8 Å². The van der Waals surface area contributed by atoms with E-state index in [4.69, 9.17) is 4.74 Å². The molecule has 0 aliphatic carbocycles. The minimum absolute atomic E-state index is 0.0461. The third-order valence-electron chi connectivity index (χ3n) is 5.39. The van der Waals surface area contributed by atoms with E-state index < -0.39 is 17.6 Å². The van der Waals surface area contributed by atoms with Crippen LogP contribution in [0.2, 0.25) is 0 Å². The Bertz CT molecular complexity index is 696. The molecular weight excluding hydrogens is 387 g/mol. The van der Waals surface area contributed by atoms with Crippen LogP contribution in [0.25, 0.3) is 0 Å². The van der Waals surface area contributed by atoms with Crippen LogP contribution < -0.4 is 10.6 Å². The molecular formula is C20H26F3N3O3. The Hall–Kier alpha value is -2.13. The van der Waals surface area contributed by atoms with Crippen molar-refractivity contribution >= 4 is 11.8 Å². The Balaban J connectivity index is 1.65. The standard InChI is InChI=1S/C20H26F3N3O3/c21-20(22,23)15-4-1-3-14(11-15)19(28)25-13-18(27)26(16-6-9-29-10-7-16)17-5-2-8-24-12-17/h1,3-4,11,16-17,24H,2,5-10,12-13H2,(H,25,28). The number of nitrogens with one attached hydrogen (secondary N) is 2. The fourth-order valence-electron chi connectivity index (χ4n) is 3.93. The van der Waals surface area contributed by atoms with Crippen molar-refractivity contribution in [3.05, 3.63) is 35.4 Å². The minimum Gasteiger partial charge on any atom is -0.381 e. The highest BCUT2D eigenvalue weighted by atomic mass is 19.4. The molecule has 9 heteroatoms. The molecule has 29 heavy (non-hydrogen) atoms. The lowest BCUT2D eigenvalue weighted by atomic mass is 9.99. The van der Waals surface area contributed by atoms with E-state index in [1.165, 1.54) is 12.1 Å². The Kier molecular flexibility index (Phi) is 7.13. The van der Waals surface area contributed by atoms with Crippen LogP contribution in [0.3, 0.4) is 0 Å². The summed E-state index contributed by atoms with van der Waals surface area (Å²) in [5, 5.41) is 5.79. The molecule has 1 unspecified atom stereocenters. The van der Waals surface area contributed by atoms with E-state index in [9.17, 15) is 22.8 Å². The molecule has 2 N–H and O–H groups in total. The van der Waals surface area contributed by atoms with Gasteiger partial charge in [0.25, 0.3) is 5.91 Å². The van der Waals surface area contributed by atoms with Crippen LogP contribution >= 0.6 is 0 Å². The van der Waals surface area contributed by atoms with Crippen molar-refractivity contribution in [1.82, 2.24) is 15.5 Å². The van der Waals surface area contributed by atoms with Gasteiger partial charge in [0.1, 0.15) is 0 Å². The summed E-state index contributed by atoms with van der Waals surface area (Å²) < 4.78 is 44.0. The van der Waals surface area contributed by atoms with Crippen molar-refractivity contribution in [2.24, 2.45) is 0 Å². The van der Waals surface area contributed by atoms with Gasteiger partial charge in [-0.2, -0.15) is 13.2 Å². The van der Waals surface area contributed by atoms with Crippen LogP contribution in [0, 0.1) is 0 Å². The molecule has 0 bridgehead atoms. The second-order valence-electron chi connectivity index (χ2n) is 7.41. The highest BCUT2D eigenvalue weighted by Crippen LogP contribution is 2.29. The summed E-state index contributed by atoms with van der Waals surface area (Å²) in [6.07, 6.45) is -1.19. The number of nitrogens with zero attached hydrogens (tertiary/aromatic N) is 1. The van der Waals surface area contributed by atoms with Gasteiger partial charge >= 0.3 is 6.18 Å². The second kappa shape index (κ2) is 9.58. The monoisotopic (exact) mass is 413 g/mol. The number of hydrogen-bond donors (Lipinski definition) is 2. The third-order valence-corrected chi connectivity index (χ3v) is 5.39. The zero-order valence-electron chi connectivity index (χ0n) is 16.1. The molecule has 2 aliphatic rings. The van der Waals surface area contributed by atoms with E-state index in [0.717, 1.165) is 44.4 Å². The van der Waals surface area contributed by atoms with Gasteiger partial charge in [0.15, 0.2) is 0 Å². The molecule has 2 heterocycles. The highest BCUT2D eigenvalue weighted by Gasteiger charge is 2.33. The number of amides is 2. The molecule has 160 valence electrons. The molecule has 1 aromatic rings. The van der Waals surface area contributed by atoms with Crippen LogP contribution in [0.4, 0.5) is 13.2 Å². The van der Waals surface area contributed by atoms with Crippen molar-refractivity contribution in [2.75, 3.05) is 32.8 Å². The summed E-state index contributed by atoms with van der Waals surface area (Å²) in [4.78, 5) is 27.1. The normalized spacial score (nSPS) is 20.9. The van der Waals surface area contributed by atoms with Crippen LogP contribution in [0.15, 0.2) is 24.3 Å². The zero-order valence-corrected chi connectivity index (χ0v) is 16.1. The van der Waals surface area contributed by atoms with Crippen LogP contribution in [-0.2, 0) is 15.7 Å². The first-order chi connectivity index (χ1) is 13.9. The van der Waals surface area contributed by atoms with Crippen molar-refractivity contribution in [2.45, 2.75) is 43.9 Å². The van der Waals surface area contributed by atoms with Gasteiger partial charge in [0.2, 0.25) is 5.91 Å². The largest absolute Gasteiger partial charge is 0.416 e. The molecule has 1 aromatic carbocycles. The smallest absolute Gasteiger partial charge is 0.381 e. The lowest BCUT2D eigenvalue weighted by molar-refractivity contribution is -0.138. The number of rotatable bonds is 5. The van der Waals surface area contributed by atoms with Gasteiger partial charge < -0.3 is 20.3 Å². The molecule has 0 aromatic heterocycles. The van der Waals surface area contributed by atoms with Crippen LogP contribution in [0.5, 0.6) is 0 Å². The molecule has 1 atom stereocenters. The predicted molar refractivity (Wildman–Crippen MR) is 100 cm³/mol. The summed E-state index contributed by atoms with van der Waals surface area (Å²) >= 11 is 0. The van der Waals surface area contributed by atoms with E-state index >= 15 is 0 Å². The minimum atomic E-state index is -4.53. The highest BCUT2D eigenvalue weighted by molar-refractivity contribution is 5.96. The molecule has 0 spiro atoms. The number of hydrogen-bond acceptors (Lipinski definition) is 4. The van der Waals surface area contributed by atoms with E-state index in [-0.39, 0.29) is 30.1 Å². The first-order valence-electron chi connectivity index (χ1n) is 9.91. The average Bonchev–Trinajstić information content (AvgIpc) is 2.73. The molecule has 2 amide bonds. The lowest BCUT2D eigenvalue weighted by Gasteiger charge is -2.41. The maximum absolute atomic E-state index is 13.0. The Labute approximate surface area is 167 Å². The predicted octanol–water partition coefficient (Wildman–Crippen LogP) is 2.19. The summed E-state index contributed by atoms with van der Waals surface area (Å²) in [5.41, 5.74) is -1.02. The Morgan fingerprint density at radius 3 is 2.59 bits per heavy atom. The first-order valence-corrected chi connectivity index (χ1v) is 9.91. The summed E-state index contributed by atoms with van der Waals surface area (Å²) in [7, 11) is 0. The summed E-state index contributed by atoms with van der Waals surface area (Å²) in [5.74, 6) is -0.913. The number of piperidine rings is 1. The third kappa shape index (κ3) is 5.70. The lowest BCUT2D eigenvalue weighted by Crippen LogP contribution is -2.56. The Morgan fingerprint density at radius 1 is 1.17 bits per heavy atom. The SMILES string of the molecule is O=C(NCC(=O)N(C1CCOCC1)C1CCCNC1)c1cccc(C(F)(F)F)c1. The van der Waals surface area contributed by atoms with Gasteiger partial charge in [-0.05, 0) is 50.4 Å². The molecule has 2 saturated heterocycles. The van der Waals surface area contributed by atoms with Gasteiger partial charge in [-0.3, -0.25) is 9.59 Å². The van der Waals surface area contributed by atoms with E-state index in [2.05, 4.69) is 10.6 Å². The van der Waals surface area contributed by atoms with Crippen LogP contribution in [-0.4, -0.2) is 61.6 Å². The molecule has 2 fully saturated rings. The second-order valence-corrected chi connectivity index (χ2v) is 7.41. The number of ether oxygens (including phenoxy) is 1. The molecule has 0 saturated carbocycles. The fraction of sp³-hybridized carbons (Fsp3) is 0.600. The van der Waals surface area contributed by atoms with Gasteiger partial charge in [-0.1, -0.05) is 6.07 Å². The van der Waals surface area contributed by atoms with Gasteiger partial charge in [0, 0.05) is 37.4 Å². The van der Waals surface area contributed by atoms with Crippen molar-refractivity contribution in [3.63, 3.8) is 0 Å². The van der Waals surface area contributed by atoms with Crippen molar-refractivity contribution < 1.29 is 27.5 Å². The number of carbonyl (C=O) groups excluding carboxylic acids is 2. The number of carbonyl (C=O) groups is 2. The maximum Gasteiger partial charge on any atom is 0.416 e. The zero-order chi connectivity index (χ0) is 20.9. The van der Waals surface area contributed by atoms with Crippen molar-refractivity contribution in [1.29, 1.82) is 0 Å². The quantitative estimate of drug-likeness (QED) is 0.777. The Morgan fingerprint density at radius 2 is 1.93 bits per heavy atom. The molecule has 3 rings (SSSR count). The molecule has 0 radical (unpaired) electrons.